The second kappa shape index (κ2) is 8.49. The van der Waals surface area contributed by atoms with Gasteiger partial charge in [0.2, 0.25) is 0 Å². The highest BCUT2D eigenvalue weighted by Gasteiger charge is 2.38. The number of amides is 2. The molecule has 2 aliphatic rings. The van der Waals surface area contributed by atoms with Gasteiger partial charge >= 0.3 is 0 Å². The fraction of sp³-hybridized carbons (Fsp3) is 0.130. The first-order chi connectivity index (χ1) is 16.0. The van der Waals surface area contributed by atoms with E-state index in [0.29, 0.717) is 45.3 Å². The van der Waals surface area contributed by atoms with Crippen molar-refractivity contribution in [2.45, 2.75) is 13.5 Å². The van der Waals surface area contributed by atoms with Gasteiger partial charge in [-0.15, -0.1) is 10.2 Å². The molecule has 0 fully saturated rings. The summed E-state index contributed by atoms with van der Waals surface area (Å²) in [7, 11) is 0. The topological polar surface area (TPSA) is 91.1 Å². The van der Waals surface area contributed by atoms with E-state index in [-0.39, 0.29) is 23.2 Å². The Labute approximate surface area is 202 Å². The van der Waals surface area contributed by atoms with Gasteiger partial charge in [-0.1, -0.05) is 41.9 Å². The number of likely N-dealkylation sites (N-methyl/N-ethyl adjacent to an activating group) is 1. The van der Waals surface area contributed by atoms with Crippen LogP contribution in [0.4, 0.5) is 11.5 Å². The number of pyridine rings is 2. The number of rotatable bonds is 4. The third-order valence-electron chi connectivity index (χ3n) is 5.34. The summed E-state index contributed by atoms with van der Waals surface area (Å²) in [6.07, 6.45) is 3.08. The second-order valence-corrected chi connectivity index (χ2v) is 8.72. The first-order valence-electron chi connectivity index (χ1n) is 10.1. The van der Waals surface area contributed by atoms with E-state index in [1.54, 1.807) is 23.2 Å². The second-order valence-electron chi connectivity index (χ2n) is 7.37. The minimum absolute atomic E-state index is 0.0647. The molecule has 0 bridgehead atoms. The Hall–Kier alpha value is -3.43. The number of hydrogen-bond donors (Lipinski definition) is 0. The van der Waals surface area contributed by atoms with E-state index in [1.807, 2.05) is 37.3 Å². The Bertz CT molecular complexity index is 1360. The van der Waals surface area contributed by atoms with Crippen molar-refractivity contribution in [1.29, 1.82) is 0 Å². The fourth-order valence-corrected chi connectivity index (χ4v) is 4.31. The number of carbonyl (C=O) groups excluding carboxylic acids is 2. The molecular formula is C23H16BrClN6O2. The molecule has 1 aromatic carbocycles. The maximum absolute atomic E-state index is 13.3. The SMILES string of the molecule is CCN1C(=O)C(=N/N=C2\C(=O)N(Cc3ccccc3)c3ncc(Br)cc32)c2ncc(Cl)cc21. The van der Waals surface area contributed by atoms with Crippen molar-refractivity contribution in [3.63, 3.8) is 0 Å². The molecule has 3 aromatic rings. The number of halogens is 2. The minimum atomic E-state index is -0.342. The molecule has 0 unspecified atom stereocenters. The molecule has 10 heteroatoms. The van der Waals surface area contributed by atoms with Gasteiger partial charge < -0.3 is 4.90 Å². The molecule has 0 saturated heterocycles. The molecule has 2 aromatic heterocycles. The lowest BCUT2D eigenvalue weighted by atomic mass is 10.2. The van der Waals surface area contributed by atoms with E-state index in [2.05, 4.69) is 36.1 Å². The van der Waals surface area contributed by atoms with E-state index >= 15 is 0 Å². The Morgan fingerprint density at radius 3 is 2.45 bits per heavy atom. The van der Waals surface area contributed by atoms with Gasteiger partial charge in [0.25, 0.3) is 11.8 Å². The smallest absolute Gasteiger partial charge is 0.281 e. The van der Waals surface area contributed by atoms with Gasteiger partial charge in [0.05, 0.1) is 22.8 Å². The molecule has 4 heterocycles. The zero-order valence-corrected chi connectivity index (χ0v) is 19.7. The number of carbonyl (C=O) groups is 2. The molecule has 0 saturated carbocycles. The summed E-state index contributed by atoms with van der Waals surface area (Å²) >= 11 is 9.47. The van der Waals surface area contributed by atoms with Crippen LogP contribution in [0.15, 0.2) is 69.5 Å². The Kier molecular flexibility index (Phi) is 5.51. The van der Waals surface area contributed by atoms with E-state index in [0.717, 1.165) is 5.56 Å². The minimum Gasteiger partial charge on any atom is -0.305 e. The third kappa shape index (κ3) is 3.73. The van der Waals surface area contributed by atoms with Gasteiger partial charge in [0.15, 0.2) is 11.4 Å². The molecular weight excluding hydrogens is 508 g/mol. The van der Waals surface area contributed by atoms with Crippen LogP contribution in [0.5, 0.6) is 0 Å². The quantitative estimate of drug-likeness (QED) is 0.483. The number of nitrogens with zero attached hydrogens (tertiary/aromatic N) is 6. The molecule has 2 amide bonds. The summed E-state index contributed by atoms with van der Waals surface area (Å²) < 4.78 is 0.701. The molecule has 0 atom stereocenters. The Morgan fingerprint density at radius 1 is 0.970 bits per heavy atom. The Balaban J connectivity index is 1.58. The predicted octanol–water partition coefficient (Wildman–Crippen LogP) is 4.00. The van der Waals surface area contributed by atoms with Crippen LogP contribution in [0.1, 0.15) is 23.7 Å². The molecule has 0 radical (unpaired) electrons. The maximum Gasteiger partial charge on any atom is 0.281 e. The van der Waals surface area contributed by atoms with Crippen molar-refractivity contribution in [3.05, 3.63) is 81.2 Å². The molecule has 2 aliphatic heterocycles. The van der Waals surface area contributed by atoms with Crippen molar-refractivity contribution in [2.75, 3.05) is 16.3 Å². The summed E-state index contributed by atoms with van der Waals surface area (Å²) in [6.45, 7) is 2.61. The lowest BCUT2D eigenvalue weighted by molar-refractivity contribution is -0.113. The van der Waals surface area contributed by atoms with Crippen LogP contribution in [-0.2, 0) is 16.1 Å². The molecule has 0 spiro atoms. The summed E-state index contributed by atoms with van der Waals surface area (Å²) in [5, 5.41) is 8.84. The van der Waals surface area contributed by atoms with Crippen LogP contribution in [-0.4, -0.2) is 39.8 Å². The van der Waals surface area contributed by atoms with Crippen LogP contribution >= 0.6 is 27.5 Å². The molecule has 8 nitrogen and oxygen atoms in total. The van der Waals surface area contributed by atoms with Crippen LogP contribution in [0.2, 0.25) is 5.02 Å². The monoisotopic (exact) mass is 522 g/mol. The molecule has 33 heavy (non-hydrogen) atoms. The van der Waals surface area contributed by atoms with E-state index < -0.39 is 0 Å². The number of aromatic nitrogens is 2. The van der Waals surface area contributed by atoms with Crippen LogP contribution < -0.4 is 9.80 Å². The lowest BCUT2D eigenvalue weighted by Crippen LogP contribution is -2.30. The zero-order chi connectivity index (χ0) is 23.1. The highest BCUT2D eigenvalue weighted by atomic mass is 79.9. The van der Waals surface area contributed by atoms with Crippen LogP contribution in [0.3, 0.4) is 0 Å². The zero-order valence-electron chi connectivity index (χ0n) is 17.4. The van der Waals surface area contributed by atoms with Gasteiger partial charge in [0, 0.05) is 23.4 Å². The van der Waals surface area contributed by atoms with Crippen molar-refractivity contribution in [2.24, 2.45) is 10.2 Å². The van der Waals surface area contributed by atoms with E-state index in [9.17, 15) is 9.59 Å². The lowest BCUT2D eigenvalue weighted by Gasteiger charge is -2.15. The average molecular weight is 524 g/mol. The number of hydrogen-bond acceptors (Lipinski definition) is 6. The molecule has 5 rings (SSSR count). The summed E-state index contributed by atoms with van der Waals surface area (Å²) in [5.74, 6) is -0.194. The highest BCUT2D eigenvalue weighted by molar-refractivity contribution is 9.10. The first-order valence-corrected chi connectivity index (χ1v) is 11.3. The molecule has 0 N–H and O–H groups in total. The highest BCUT2D eigenvalue weighted by Crippen LogP contribution is 2.32. The fourth-order valence-electron chi connectivity index (χ4n) is 3.83. The van der Waals surface area contributed by atoms with Crippen LogP contribution in [0.25, 0.3) is 0 Å². The summed E-state index contributed by atoms with van der Waals surface area (Å²) in [4.78, 5) is 38.0. The Morgan fingerprint density at radius 2 is 1.70 bits per heavy atom. The normalized spacial score (nSPS) is 17.3. The maximum atomic E-state index is 13.3. The number of fused-ring (bicyclic) bond motifs is 2. The van der Waals surface area contributed by atoms with Gasteiger partial charge in [-0.05, 0) is 40.5 Å². The number of anilines is 2. The summed E-state index contributed by atoms with van der Waals surface area (Å²) in [6, 6.07) is 13.0. The van der Waals surface area contributed by atoms with Crippen molar-refractivity contribution < 1.29 is 9.59 Å². The van der Waals surface area contributed by atoms with Gasteiger partial charge in [-0.3, -0.25) is 19.5 Å². The van der Waals surface area contributed by atoms with E-state index in [4.69, 9.17) is 11.6 Å². The van der Waals surface area contributed by atoms with Crippen molar-refractivity contribution in [3.8, 4) is 0 Å². The third-order valence-corrected chi connectivity index (χ3v) is 5.98. The van der Waals surface area contributed by atoms with Crippen molar-refractivity contribution >= 4 is 62.3 Å². The van der Waals surface area contributed by atoms with Crippen LogP contribution in [0, 0.1) is 0 Å². The molecule has 164 valence electrons. The van der Waals surface area contributed by atoms with Gasteiger partial charge in [-0.2, -0.15) is 0 Å². The van der Waals surface area contributed by atoms with Crippen molar-refractivity contribution in [1.82, 2.24) is 9.97 Å². The van der Waals surface area contributed by atoms with E-state index in [1.165, 1.54) is 11.1 Å². The standard InChI is InChI=1S/C23H16BrClN6O2/c1-2-30-17-9-15(25)11-26-19(17)20(23(30)33)29-28-18-16-8-14(24)10-27-21(16)31(22(18)32)12-13-6-4-3-5-7-13/h3-11H,2,12H2,1H3/b28-18-,29-20?. The number of benzene rings is 1. The summed E-state index contributed by atoms with van der Waals surface area (Å²) in [5.41, 5.74) is 2.62. The van der Waals surface area contributed by atoms with Gasteiger partial charge in [-0.25, -0.2) is 4.98 Å². The van der Waals surface area contributed by atoms with Gasteiger partial charge in [0.1, 0.15) is 11.5 Å². The predicted molar refractivity (Wildman–Crippen MR) is 130 cm³/mol. The molecule has 0 aliphatic carbocycles. The average Bonchev–Trinajstić information content (AvgIpc) is 3.22. The first kappa shape index (κ1) is 21.4. The largest absolute Gasteiger partial charge is 0.305 e.